The number of carbonyl (C=O) groups excluding carboxylic acids is 1. The summed E-state index contributed by atoms with van der Waals surface area (Å²) in [5.74, 6) is -0.00397. The van der Waals surface area contributed by atoms with Gasteiger partial charge in [0.25, 0.3) is 5.91 Å². The maximum atomic E-state index is 12.4. The number of nitrogens with one attached hydrogen (secondary N) is 2. The molecule has 0 saturated carbocycles. The number of phenolic OH excluding ortho intramolecular Hbond substituents is 1. The summed E-state index contributed by atoms with van der Waals surface area (Å²) in [6.45, 7) is 1.67. The molecule has 0 fully saturated rings. The second-order valence-electron chi connectivity index (χ2n) is 4.87. The van der Waals surface area contributed by atoms with Crippen LogP contribution in [0.3, 0.4) is 0 Å². The molecule has 3 N–H and O–H groups in total. The molecule has 1 heterocycles. The molecule has 1 aliphatic heterocycles. The zero-order valence-electron chi connectivity index (χ0n) is 11.0. The zero-order valence-corrected chi connectivity index (χ0v) is 11.0. The van der Waals surface area contributed by atoms with Crippen molar-refractivity contribution < 1.29 is 9.90 Å². The highest BCUT2D eigenvalue weighted by molar-refractivity contribution is 6.05. The molecule has 2 aromatic carbocycles. The molecule has 0 bridgehead atoms. The van der Waals surface area contributed by atoms with Gasteiger partial charge in [0.1, 0.15) is 5.75 Å². The van der Waals surface area contributed by atoms with E-state index in [9.17, 15) is 9.90 Å². The van der Waals surface area contributed by atoms with E-state index in [0.29, 0.717) is 11.3 Å². The van der Waals surface area contributed by atoms with E-state index in [4.69, 9.17) is 0 Å². The highest BCUT2D eigenvalue weighted by Crippen LogP contribution is 2.21. The fourth-order valence-electron chi connectivity index (χ4n) is 2.51. The summed E-state index contributed by atoms with van der Waals surface area (Å²) in [6.07, 6.45) is 0.947. The third-order valence-corrected chi connectivity index (χ3v) is 3.49. The van der Waals surface area contributed by atoms with Gasteiger partial charge in [-0.1, -0.05) is 18.2 Å². The molecule has 0 radical (unpaired) electrons. The minimum absolute atomic E-state index is 0.138. The first-order valence-corrected chi connectivity index (χ1v) is 6.66. The monoisotopic (exact) mass is 268 g/mol. The number of aromatic hydroxyl groups is 1. The molecule has 0 saturated heterocycles. The Morgan fingerprint density at radius 3 is 2.90 bits per heavy atom. The molecule has 0 spiro atoms. The van der Waals surface area contributed by atoms with Crippen LogP contribution >= 0.6 is 0 Å². The smallest absolute Gasteiger partial charge is 0.256 e. The lowest BCUT2D eigenvalue weighted by atomic mass is 9.95. The average Bonchev–Trinajstić information content (AvgIpc) is 2.46. The molecule has 20 heavy (non-hydrogen) atoms. The topological polar surface area (TPSA) is 61.4 Å². The zero-order chi connectivity index (χ0) is 13.9. The van der Waals surface area contributed by atoms with E-state index in [0.717, 1.165) is 25.1 Å². The molecular formula is C16H16N2O2. The standard InChI is InChI=1S/C16H16N2O2/c19-13-5-2-4-12(9-13)18-16(20)14-6-1-3-11-7-8-17-10-15(11)14/h1-6,9,17,19H,7-8,10H2,(H,18,20). The Bertz CT molecular complexity index is 653. The Hall–Kier alpha value is -2.33. The van der Waals surface area contributed by atoms with Crippen LogP contribution in [0.1, 0.15) is 21.5 Å². The van der Waals surface area contributed by atoms with E-state index in [1.165, 1.54) is 11.6 Å². The van der Waals surface area contributed by atoms with E-state index < -0.39 is 0 Å². The molecule has 1 aliphatic rings. The summed E-state index contributed by atoms with van der Waals surface area (Å²) >= 11 is 0. The van der Waals surface area contributed by atoms with Gasteiger partial charge in [-0.15, -0.1) is 0 Å². The summed E-state index contributed by atoms with van der Waals surface area (Å²) < 4.78 is 0. The number of anilines is 1. The number of benzene rings is 2. The first-order valence-electron chi connectivity index (χ1n) is 6.66. The van der Waals surface area contributed by atoms with E-state index in [1.54, 1.807) is 18.2 Å². The van der Waals surface area contributed by atoms with Crippen LogP contribution in [0.4, 0.5) is 5.69 Å². The minimum atomic E-state index is -0.142. The molecule has 0 aliphatic carbocycles. The van der Waals surface area contributed by atoms with E-state index >= 15 is 0 Å². The second-order valence-corrected chi connectivity index (χ2v) is 4.87. The van der Waals surface area contributed by atoms with Crippen molar-refractivity contribution in [1.82, 2.24) is 5.32 Å². The van der Waals surface area contributed by atoms with Crippen molar-refractivity contribution in [1.29, 1.82) is 0 Å². The second kappa shape index (κ2) is 5.35. The van der Waals surface area contributed by atoms with Crippen LogP contribution in [0.25, 0.3) is 0 Å². The van der Waals surface area contributed by atoms with Gasteiger partial charge in [-0.25, -0.2) is 0 Å². The highest BCUT2D eigenvalue weighted by Gasteiger charge is 2.17. The lowest BCUT2D eigenvalue weighted by molar-refractivity contribution is 0.102. The van der Waals surface area contributed by atoms with Gasteiger partial charge >= 0.3 is 0 Å². The van der Waals surface area contributed by atoms with Crippen LogP contribution in [0.15, 0.2) is 42.5 Å². The van der Waals surface area contributed by atoms with Gasteiger partial charge in [-0.3, -0.25) is 4.79 Å². The third-order valence-electron chi connectivity index (χ3n) is 3.49. The minimum Gasteiger partial charge on any atom is -0.508 e. The van der Waals surface area contributed by atoms with Crippen LogP contribution in [0, 0.1) is 0 Å². The molecule has 2 aromatic rings. The number of fused-ring (bicyclic) bond motifs is 1. The van der Waals surface area contributed by atoms with Gasteiger partial charge in [-0.05, 0) is 42.3 Å². The maximum Gasteiger partial charge on any atom is 0.256 e. The van der Waals surface area contributed by atoms with Crippen LogP contribution in [-0.4, -0.2) is 17.6 Å². The normalized spacial score (nSPS) is 13.6. The van der Waals surface area contributed by atoms with E-state index in [2.05, 4.69) is 16.7 Å². The third kappa shape index (κ3) is 2.51. The number of amides is 1. The number of hydrogen-bond acceptors (Lipinski definition) is 3. The van der Waals surface area contributed by atoms with Crippen molar-refractivity contribution >= 4 is 11.6 Å². The number of rotatable bonds is 2. The average molecular weight is 268 g/mol. The van der Waals surface area contributed by atoms with Gasteiger partial charge < -0.3 is 15.7 Å². The first-order chi connectivity index (χ1) is 9.74. The summed E-state index contributed by atoms with van der Waals surface area (Å²) in [5.41, 5.74) is 3.58. The molecule has 4 nitrogen and oxygen atoms in total. The Morgan fingerprint density at radius 2 is 2.05 bits per heavy atom. The fraction of sp³-hybridized carbons (Fsp3) is 0.188. The van der Waals surface area contributed by atoms with Crippen molar-refractivity contribution in [2.24, 2.45) is 0 Å². The van der Waals surface area contributed by atoms with Crippen LogP contribution in [-0.2, 0) is 13.0 Å². The van der Waals surface area contributed by atoms with Gasteiger partial charge in [0.05, 0.1) is 0 Å². The maximum absolute atomic E-state index is 12.4. The predicted octanol–water partition coefficient (Wildman–Crippen LogP) is 2.29. The number of carbonyl (C=O) groups is 1. The molecule has 4 heteroatoms. The SMILES string of the molecule is O=C(Nc1cccc(O)c1)c1cccc2c1CNCC2. The molecular weight excluding hydrogens is 252 g/mol. The molecule has 102 valence electrons. The van der Waals surface area contributed by atoms with Gasteiger partial charge in [0.2, 0.25) is 0 Å². The molecule has 1 amide bonds. The fourth-order valence-corrected chi connectivity index (χ4v) is 2.51. The Balaban J connectivity index is 1.88. The molecule has 0 atom stereocenters. The van der Waals surface area contributed by atoms with Crippen molar-refractivity contribution in [2.75, 3.05) is 11.9 Å². The van der Waals surface area contributed by atoms with E-state index in [1.807, 2.05) is 12.1 Å². The van der Waals surface area contributed by atoms with Crippen molar-refractivity contribution in [3.05, 3.63) is 59.2 Å². The summed E-state index contributed by atoms with van der Waals surface area (Å²) in [6, 6.07) is 12.4. The van der Waals surface area contributed by atoms with Crippen LogP contribution in [0.2, 0.25) is 0 Å². The number of hydrogen-bond donors (Lipinski definition) is 3. The van der Waals surface area contributed by atoms with Crippen LogP contribution in [0.5, 0.6) is 5.75 Å². The quantitative estimate of drug-likeness (QED) is 0.783. The highest BCUT2D eigenvalue weighted by atomic mass is 16.3. The van der Waals surface area contributed by atoms with Gasteiger partial charge in [0.15, 0.2) is 0 Å². The van der Waals surface area contributed by atoms with Crippen molar-refractivity contribution in [3.63, 3.8) is 0 Å². The molecule has 3 rings (SSSR count). The largest absolute Gasteiger partial charge is 0.508 e. The Morgan fingerprint density at radius 1 is 1.20 bits per heavy atom. The van der Waals surface area contributed by atoms with Crippen molar-refractivity contribution in [3.8, 4) is 5.75 Å². The lowest BCUT2D eigenvalue weighted by Crippen LogP contribution is -2.27. The van der Waals surface area contributed by atoms with Crippen molar-refractivity contribution in [2.45, 2.75) is 13.0 Å². The molecule has 0 unspecified atom stereocenters. The lowest BCUT2D eigenvalue weighted by Gasteiger charge is -2.20. The number of phenols is 1. The summed E-state index contributed by atoms with van der Waals surface area (Å²) in [5, 5.41) is 15.5. The first kappa shape index (κ1) is 12.7. The van der Waals surface area contributed by atoms with Gasteiger partial charge in [0, 0.05) is 23.9 Å². The van der Waals surface area contributed by atoms with Crippen LogP contribution < -0.4 is 10.6 Å². The Kier molecular flexibility index (Phi) is 3.39. The predicted molar refractivity (Wildman–Crippen MR) is 77.9 cm³/mol. The van der Waals surface area contributed by atoms with Gasteiger partial charge in [-0.2, -0.15) is 0 Å². The van der Waals surface area contributed by atoms with E-state index in [-0.39, 0.29) is 11.7 Å². The molecule has 0 aromatic heterocycles. The summed E-state index contributed by atoms with van der Waals surface area (Å²) in [7, 11) is 0. The summed E-state index contributed by atoms with van der Waals surface area (Å²) in [4.78, 5) is 12.4. The Labute approximate surface area is 117 Å².